The molecule has 0 atom stereocenters. The van der Waals surface area contributed by atoms with E-state index in [1.807, 2.05) is 0 Å². The van der Waals surface area contributed by atoms with Crippen molar-refractivity contribution in [1.29, 1.82) is 0 Å². The Kier molecular flexibility index (Phi) is 4.96. The third-order valence-electron chi connectivity index (χ3n) is 4.70. The van der Waals surface area contributed by atoms with Gasteiger partial charge in [0.25, 0.3) is 0 Å². The predicted molar refractivity (Wildman–Crippen MR) is 83.5 cm³/mol. The van der Waals surface area contributed by atoms with Crippen LogP contribution in [0.3, 0.4) is 0 Å². The summed E-state index contributed by atoms with van der Waals surface area (Å²) < 4.78 is 5.88. The lowest BCUT2D eigenvalue weighted by atomic mass is 10.1. The highest BCUT2D eigenvalue weighted by Crippen LogP contribution is 2.26. The quantitative estimate of drug-likeness (QED) is 0.762. The third kappa shape index (κ3) is 3.76. The first-order valence-corrected chi connectivity index (χ1v) is 8.40. The second-order valence-electron chi connectivity index (χ2n) is 6.28. The molecule has 0 spiro atoms. The van der Waals surface area contributed by atoms with Crippen molar-refractivity contribution in [3.05, 3.63) is 29.3 Å². The Hall–Kier alpha value is -1.02. The van der Waals surface area contributed by atoms with Gasteiger partial charge >= 0.3 is 0 Å². The van der Waals surface area contributed by atoms with Gasteiger partial charge in [-0.3, -0.25) is 0 Å². The van der Waals surface area contributed by atoms with Gasteiger partial charge in [0.05, 0.1) is 6.61 Å². The van der Waals surface area contributed by atoms with Crippen LogP contribution in [0.1, 0.15) is 56.1 Å². The summed E-state index contributed by atoms with van der Waals surface area (Å²) in [6.45, 7) is 2.00. The maximum atomic E-state index is 5.88. The van der Waals surface area contributed by atoms with Crippen molar-refractivity contribution in [2.75, 3.05) is 13.2 Å². The molecule has 1 fully saturated rings. The van der Waals surface area contributed by atoms with Crippen LogP contribution in [0.5, 0.6) is 5.75 Å². The van der Waals surface area contributed by atoms with E-state index in [9.17, 15) is 0 Å². The molecule has 0 amide bonds. The Labute approximate surface area is 122 Å². The predicted octanol–water partition coefficient (Wildman–Crippen LogP) is 3.87. The molecule has 2 aliphatic rings. The highest BCUT2D eigenvalue weighted by atomic mass is 16.5. The first-order valence-electron chi connectivity index (χ1n) is 8.40. The zero-order chi connectivity index (χ0) is 13.6. The van der Waals surface area contributed by atoms with Crippen LogP contribution in [0.25, 0.3) is 0 Å². The second-order valence-corrected chi connectivity index (χ2v) is 6.28. The van der Waals surface area contributed by atoms with Gasteiger partial charge in [-0.15, -0.1) is 0 Å². The molecule has 3 rings (SSSR count). The highest BCUT2D eigenvalue weighted by Gasteiger charge is 2.13. The van der Waals surface area contributed by atoms with E-state index in [-0.39, 0.29) is 0 Å². The molecule has 1 aromatic rings. The summed E-state index contributed by atoms with van der Waals surface area (Å²) in [6, 6.07) is 7.44. The topological polar surface area (TPSA) is 21.3 Å². The molecular weight excluding hydrogens is 246 g/mol. The van der Waals surface area contributed by atoms with Crippen LogP contribution >= 0.6 is 0 Å². The molecule has 0 bridgehead atoms. The smallest absolute Gasteiger partial charge is 0.119 e. The normalized spacial score (nSPS) is 18.4. The molecule has 2 nitrogen and oxygen atoms in total. The van der Waals surface area contributed by atoms with E-state index in [1.165, 1.54) is 62.5 Å². The lowest BCUT2D eigenvalue weighted by molar-refractivity contribution is 0.304. The van der Waals surface area contributed by atoms with Gasteiger partial charge < -0.3 is 10.1 Å². The van der Waals surface area contributed by atoms with Gasteiger partial charge in [-0.25, -0.2) is 0 Å². The zero-order valence-electron chi connectivity index (χ0n) is 12.5. The molecule has 0 aromatic heterocycles. The van der Waals surface area contributed by atoms with Crippen molar-refractivity contribution in [2.45, 2.75) is 63.8 Å². The molecule has 2 aliphatic carbocycles. The van der Waals surface area contributed by atoms with Crippen LogP contribution in [0.2, 0.25) is 0 Å². The van der Waals surface area contributed by atoms with Crippen LogP contribution in [0.4, 0.5) is 0 Å². The molecule has 0 heterocycles. The number of hydrogen-bond donors (Lipinski definition) is 1. The van der Waals surface area contributed by atoms with E-state index in [1.54, 1.807) is 0 Å². The lowest BCUT2D eigenvalue weighted by Crippen LogP contribution is -2.27. The number of ether oxygens (including phenoxy) is 1. The number of fused-ring (bicyclic) bond motifs is 1. The van der Waals surface area contributed by atoms with Crippen molar-refractivity contribution in [2.24, 2.45) is 0 Å². The van der Waals surface area contributed by atoms with Crippen molar-refractivity contribution in [1.82, 2.24) is 5.32 Å². The minimum absolute atomic E-state index is 0.799. The number of hydrogen-bond acceptors (Lipinski definition) is 2. The van der Waals surface area contributed by atoms with E-state index in [4.69, 9.17) is 4.74 Å². The van der Waals surface area contributed by atoms with E-state index in [2.05, 4.69) is 23.5 Å². The summed E-state index contributed by atoms with van der Waals surface area (Å²) in [5, 5.41) is 3.66. The largest absolute Gasteiger partial charge is 0.494 e. The summed E-state index contributed by atoms with van der Waals surface area (Å²) in [4.78, 5) is 0. The Morgan fingerprint density at radius 1 is 1.00 bits per heavy atom. The van der Waals surface area contributed by atoms with E-state index in [0.29, 0.717) is 0 Å². The SMILES string of the molecule is c1cc2c(cc1OCCCCNC1CCCC1)CCC2. The van der Waals surface area contributed by atoms with Gasteiger partial charge in [0.15, 0.2) is 0 Å². The molecular formula is C18H27NO. The van der Waals surface area contributed by atoms with Crippen molar-refractivity contribution < 1.29 is 4.74 Å². The Balaban J connectivity index is 1.29. The molecule has 110 valence electrons. The van der Waals surface area contributed by atoms with Crippen LogP contribution in [-0.4, -0.2) is 19.2 Å². The molecule has 1 aromatic carbocycles. The van der Waals surface area contributed by atoms with Gasteiger partial charge in [-0.05, 0) is 74.8 Å². The Morgan fingerprint density at radius 3 is 2.75 bits per heavy atom. The van der Waals surface area contributed by atoms with Gasteiger partial charge in [-0.2, -0.15) is 0 Å². The van der Waals surface area contributed by atoms with Crippen LogP contribution < -0.4 is 10.1 Å². The highest BCUT2D eigenvalue weighted by molar-refractivity contribution is 5.38. The van der Waals surface area contributed by atoms with E-state index in [0.717, 1.165) is 31.4 Å². The maximum Gasteiger partial charge on any atom is 0.119 e. The molecule has 1 N–H and O–H groups in total. The maximum absolute atomic E-state index is 5.88. The van der Waals surface area contributed by atoms with Gasteiger partial charge in [0.1, 0.15) is 5.75 Å². The van der Waals surface area contributed by atoms with Crippen molar-refractivity contribution in [3.63, 3.8) is 0 Å². The Morgan fingerprint density at radius 2 is 1.85 bits per heavy atom. The van der Waals surface area contributed by atoms with Crippen LogP contribution in [0, 0.1) is 0 Å². The second kappa shape index (κ2) is 7.12. The summed E-state index contributed by atoms with van der Waals surface area (Å²) in [7, 11) is 0. The minimum Gasteiger partial charge on any atom is -0.494 e. The summed E-state index contributed by atoms with van der Waals surface area (Å²) in [5.74, 6) is 1.06. The number of rotatable bonds is 7. The number of benzene rings is 1. The molecule has 0 aliphatic heterocycles. The van der Waals surface area contributed by atoms with Gasteiger partial charge in [-0.1, -0.05) is 18.9 Å². The first kappa shape index (κ1) is 13.9. The number of unbranched alkanes of at least 4 members (excludes halogenated alkanes) is 1. The van der Waals surface area contributed by atoms with Crippen molar-refractivity contribution >= 4 is 0 Å². The van der Waals surface area contributed by atoms with E-state index >= 15 is 0 Å². The third-order valence-corrected chi connectivity index (χ3v) is 4.70. The van der Waals surface area contributed by atoms with E-state index < -0.39 is 0 Å². The fraction of sp³-hybridized carbons (Fsp3) is 0.667. The molecule has 0 radical (unpaired) electrons. The fourth-order valence-corrected chi connectivity index (χ4v) is 3.49. The fourth-order valence-electron chi connectivity index (χ4n) is 3.49. The van der Waals surface area contributed by atoms with Gasteiger partial charge in [0.2, 0.25) is 0 Å². The van der Waals surface area contributed by atoms with Crippen molar-refractivity contribution in [3.8, 4) is 5.75 Å². The Bertz CT molecular complexity index is 423. The summed E-state index contributed by atoms with van der Waals surface area (Å²) in [5.41, 5.74) is 3.03. The lowest BCUT2D eigenvalue weighted by Gasteiger charge is -2.12. The summed E-state index contributed by atoms with van der Waals surface area (Å²) in [6.07, 6.45) is 11.8. The molecule has 20 heavy (non-hydrogen) atoms. The number of nitrogens with one attached hydrogen (secondary N) is 1. The minimum atomic E-state index is 0.799. The van der Waals surface area contributed by atoms with Gasteiger partial charge in [0, 0.05) is 6.04 Å². The molecule has 0 unspecified atom stereocenters. The average Bonchev–Trinajstić information content (AvgIpc) is 3.13. The number of aryl methyl sites for hydroxylation is 2. The summed E-state index contributed by atoms with van der Waals surface area (Å²) >= 11 is 0. The standard InChI is InChI=1S/C18H27NO/c1-2-9-17(8-1)19-12-3-4-13-20-18-11-10-15-6-5-7-16(15)14-18/h10-11,14,17,19H,1-9,12-13H2. The molecule has 0 saturated heterocycles. The average molecular weight is 273 g/mol. The molecule has 2 heteroatoms. The first-order chi connectivity index (χ1) is 9.92. The zero-order valence-corrected chi connectivity index (χ0v) is 12.5. The monoisotopic (exact) mass is 273 g/mol. The van der Waals surface area contributed by atoms with Crippen LogP contribution in [0.15, 0.2) is 18.2 Å². The molecule has 1 saturated carbocycles. The van der Waals surface area contributed by atoms with Crippen LogP contribution in [-0.2, 0) is 12.8 Å².